The molecule has 6 heteroatoms. The van der Waals surface area contributed by atoms with Crippen molar-refractivity contribution < 1.29 is 4.79 Å². The number of carbonyl (C=O) groups excluding carboxylic acids is 1. The van der Waals surface area contributed by atoms with Gasteiger partial charge in [-0.15, -0.1) is 12.4 Å². The third kappa shape index (κ3) is 5.59. The molecule has 0 unspecified atom stereocenters. The maximum atomic E-state index is 11.2. The van der Waals surface area contributed by atoms with Crippen molar-refractivity contribution in [2.24, 2.45) is 5.73 Å². The summed E-state index contributed by atoms with van der Waals surface area (Å²) in [6.07, 6.45) is 0.661. The highest BCUT2D eigenvalue weighted by Gasteiger charge is 2.06. The summed E-state index contributed by atoms with van der Waals surface area (Å²) in [6.45, 7) is 2.16. The average molecular weight is 298 g/mol. The monoisotopic (exact) mass is 296 g/mol. The molecule has 1 rings (SSSR count). The molecular weight excluding hydrogens is 282 g/mol. The standard InChI is InChI=1S/C11H14Cl2N2O.ClH/c1-7(14)11(16)15-5-4-8-2-3-9(12)6-10(8)13;/h2-3,6-7H,4-5,14H2,1H3,(H,15,16);1H/t7-;/m1./s1. The maximum Gasteiger partial charge on any atom is 0.236 e. The number of rotatable bonds is 4. The van der Waals surface area contributed by atoms with E-state index in [9.17, 15) is 4.79 Å². The first-order chi connectivity index (χ1) is 7.50. The number of hydrogen-bond donors (Lipinski definition) is 2. The van der Waals surface area contributed by atoms with E-state index < -0.39 is 6.04 Å². The zero-order valence-electron chi connectivity index (χ0n) is 9.37. The van der Waals surface area contributed by atoms with Crippen LogP contribution in [0.4, 0.5) is 0 Å². The number of halogens is 3. The quantitative estimate of drug-likeness (QED) is 0.897. The van der Waals surface area contributed by atoms with Crippen LogP contribution in [-0.4, -0.2) is 18.5 Å². The second-order valence-corrected chi connectivity index (χ2v) is 4.41. The summed E-state index contributed by atoms with van der Waals surface area (Å²) in [4.78, 5) is 11.2. The lowest BCUT2D eigenvalue weighted by atomic mass is 10.1. The molecule has 0 aliphatic rings. The Morgan fingerprint density at radius 2 is 2.12 bits per heavy atom. The van der Waals surface area contributed by atoms with E-state index in [0.717, 1.165) is 5.56 Å². The fourth-order valence-corrected chi connectivity index (χ4v) is 1.71. The second kappa shape index (κ2) is 7.77. The van der Waals surface area contributed by atoms with Crippen molar-refractivity contribution in [3.8, 4) is 0 Å². The Kier molecular flexibility index (Phi) is 7.55. The Bertz CT molecular complexity index is 383. The Hall–Kier alpha value is -0.480. The molecule has 1 amide bonds. The predicted octanol–water partition coefficient (Wildman–Crippen LogP) is 2.42. The van der Waals surface area contributed by atoms with Gasteiger partial charge in [0.2, 0.25) is 5.91 Å². The van der Waals surface area contributed by atoms with Gasteiger partial charge in [0, 0.05) is 16.6 Å². The van der Waals surface area contributed by atoms with Crippen LogP contribution in [0, 0.1) is 0 Å². The molecule has 0 radical (unpaired) electrons. The van der Waals surface area contributed by atoms with Gasteiger partial charge in [0.05, 0.1) is 6.04 Å². The van der Waals surface area contributed by atoms with Crippen LogP contribution in [0.1, 0.15) is 12.5 Å². The first-order valence-electron chi connectivity index (χ1n) is 4.98. The molecule has 1 aromatic rings. The Labute approximate surface area is 117 Å². The van der Waals surface area contributed by atoms with Crippen LogP contribution in [-0.2, 0) is 11.2 Å². The molecule has 3 N–H and O–H groups in total. The molecule has 0 spiro atoms. The zero-order chi connectivity index (χ0) is 12.1. The lowest BCUT2D eigenvalue weighted by Crippen LogP contribution is -2.39. The van der Waals surface area contributed by atoms with E-state index in [-0.39, 0.29) is 18.3 Å². The summed E-state index contributed by atoms with van der Waals surface area (Å²) in [6, 6.07) is 4.82. The summed E-state index contributed by atoms with van der Waals surface area (Å²) in [5.41, 5.74) is 6.36. The predicted molar refractivity (Wildman–Crippen MR) is 74.1 cm³/mol. The van der Waals surface area contributed by atoms with Gasteiger partial charge in [-0.25, -0.2) is 0 Å². The Morgan fingerprint density at radius 1 is 1.47 bits per heavy atom. The Morgan fingerprint density at radius 3 is 2.65 bits per heavy atom. The summed E-state index contributed by atoms with van der Waals surface area (Å²) in [5, 5.41) is 3.94. The van der Waals surface area contributed by atoms with Crippen LogP contribution in [0.2, 0.25) is 10.0 Å². The SMILES string of the molecule is C[C@@H](N)C(=O)NCCc1ccc(Cl)cc1Cl.Cl. The van der Waals surface area contributed by atoms with Crippen molar-refractivity contribution >= 4 is 41.5 Å². The van der Waals surface area contributed by atoms with Crippen LogP contribution in [0.25, 0.3) is 0 Å². The maximum absolute atomic E-state index is 11.2. The molecule has 3 nitrogen and oxygen atoms in total. The van der Waals surface area contributed by atoms with E-state index >= 15 is 0 Å². The number of nitrogens with one attached hydrogen (secondary N) is 1. The van der Waals surface area contributed by atoms with E-state index in [1.54, 1.807) is 19.1 Å². The van der Waals surface area contributed by atoms with Gasteiger partial charge in [0.1, 0.15) is 0 Å². The Balaban J connectivity index is 0.00000256. The molecule has 1 atom stereocenters. The zero-order valence-corrected chi connectivity index (χ0v) is 11.7. The molecule has 17 heavy (non-hydrogen) atoms. The summed E-state index contributed by atoms with van der Waals surface area (Å²) >= 11 is 11.8. The summed E-state index contributed by atoms with van der Waals surface area (Å²) in [7, 11) is 0. The lowest BCUT2D eigenvalue weighted by molar-refractivity contribution is -0.121. The fraction of sp³-hybridized carbons (Fsp3) is 0.364. The molecular formula is C11H15Cl3N2O. The van der Waals surface area contributed by atoms with E-state index in [1.807, 2.05) is 6.07 Å². The van der Waals surface area contributed by atoms with Crippen molar-refractivity contribution in [1.82, 2.24) is 5.32 Å². The number of carbonyl (C=O) groups is 1. The van der Waals surface area contributed by atoms with Gasteiger partial charge in [-0.05, 0) is 31.0 Å². The van der Waals surface area contributed by atoms with Gasteiger partial charge in [0.25, 0.3) is 0 Å². The highest BCUT2D eigenvalue weighted by atomic mass is 35.5. The molecule has 96 valence electrons. The molecule has 1 aromatic carbocycles. The number of amides is 1. The first kappa shape index (κ1) is 16.5. The third-order valence-corrected chi connectivity index (χ3v) is 2.71. The summed E-state index contributed by atoms with van der Waals surface area (Å²) in [5.74, 6) is -0.162. The van der Waals surface area contributed by atoms with E-state index in [4.69, 9.17) is 28.9 Å². The molecule has 0 heterocycles. The number of benzene rings is 1. The van der Waals surface area contributed by atoms with Gasteiger partial charge in [-0.3, -0.25) is 4.79 Å². The van der Waals surface area contributed by atoms with Crippen LogP contribution < -0.4 is 11.1 Å². The van der Waals surface area contributed by atoms with E-state index in [2.05, 4.69) is 5.32 Å². The molecule has 0 saturated carbocycles. The minimum atomic E-state index is -0.485. The highest BCUT2D eigenvalue weighted by Crippen LogP contribution is 2.20. The minimum absolute atomic E-state index is 0. The molecule has 0 aromatic heterocycles. The topological polar surface area (TPSA) is 55.1 Å². The molecule has 0 saturated heterocycles. The molecule has 0 bridgehead atoms. The van der Waals surface area contributed by atoms with Gasteiger partial charge in [-0.1, -0.05) is 29.3 Å². The number of hydrogen-bond acceptors (Lipinski definition) is 2. The lowest BCUT2D eigenvalue weighted by Gasteiger charge is -2.08. The smallest absolute Gasteiger partial charge is 0.236 e. The largest absolute Gasteiger partial charge is 0.354 e. The van der Waals surface area contributed by atoms with Gasteiger partial charge in [0.15, 0.2) is 0 Å². The van der Waals surface area contributed by atoms with Crippen molar-refractivity contribution in [3.05, 3.63) is 33.8 Å². The third-order valence-electron chi connectivity index (χ3n) is 2.12. The van der Waals surface area contributed by atoms with Gasteiger partial charge in [-0.2, -0.15) is 0 Å². The van der Waals surface area contributed by atoms with Crippen molar-refractivity contribution in [2.45, 2.75) is 19.4 Å². The normalized spacial score (nSPS) is 11.5. The van der Waals surface area contributed by atoms with Crippen LogP contribution >= 0.6 is 35.6 Å². The van der Waals surface area contributed by atoms with E-state index in [1.165, 1.54) is 0 Å². The summed E-state index contributed by atoms with van der Waals surface area (Å²) < 4.78 is 0. The average Bonchev–Trinajstić information content (AvgIpc) is 2.20. The molecule has 0 aliphatic heterocycles. The van der Waals surface area contributed by atoms with Crippen molar-refractivity contribution in [2.75, 3.05) is 6.54 Å². The van der Waals surface area contributed by atoms with Gasteiger partial charge >= 0.3 is 0 Å². The van der Waals surface area contributed by atoms with Crippen LogP contribution in [0.5, 0.6) is 0 Å². The first-order valence-corrected chi connectivity index (χ1v) is 5.73. The minimum Gasteiger partial charge on any atom is -0.354 e. The van der Waals surface area contributed by atoms with Crippen LogP contribution in [0.15, 0.2) is 18.2 Å². The van der Waals surface area contributed by atoms with Crippen molar-refractivity contribution in [1.29, 1.82) is 0 Å². The second-order valence-electron chi connectivity index (χ2n) is 3.57. The number of nitrogens with two attached hydrogens (primary N) is 1. The van der Waals surface area contributed by atoms with Gasteiger partial charge < -0.3 is 11.1 Å². The molecule has 0 fully saturated rings. The van der Waals surface area contributed by atoms with E-state index in [0.29, 0.717) is 23.0 Å². The van der Waals surface area contributed by atoms with Crippen LogP contribution in [0.3, 0.4) is 0 Å². The fourth-order valence-electron chi connectivity index (χ4n) is 1.21. The highest BCUT2D eigenvalue weighted by molar-refractivity contribution is 6.35. The molecule has 0 aliphatic carbocycles. The van der Waals surface area contributed by atoms with Crippen molar-refractivity contribution in [3.63, 3.8) is 0 Å².